The van der Waals surface area contributed by atoms with Crippen molar-refractivity contribution >= 4 is 17.0 Å². The molecule has 0 aliphatic carbocycles. The molecule has 2 aromatic carbocycles. The van der Waals surface area contributed by atoms with E-state index in [1.165, 1.54) is 11.1 Å². The molecule has 0 aliphatic heterocycles. The summed E-state index contributed by atoms with van der Waals surface area (Å²) in [5, 5.41) is 3.36. The lowest BCUT2D eigenvalue weighted by Gasteiger charge is -2.14. The monoisotopic (exact) mass is 329 g/mol. The summed E-state index contributed by atoms with van der Waals surface area (Å²) in [6.45, 7) is 4.16. The molecule has 25 heavy (non-hydrogen) atoms. The molecule has 5 nitrogen and oxygen atoms in total. The van der Waals surface area contributed by atoms with Crippen LogP contribution in [0.25, 0.3) is 16.9 Å². The van der Waals surface area contributed by atoms with E-state index in [2.05, 4.69) is 64.4 Å². The van der Waals surface area contributed by atoms with Crippen LogP contribution < -0.4 is 5.32 Å². The maximum atomic E-state index is 4.65. The van der Waals surface area contributed by atoms with Crippen molar-refractivity contribution in [3.05, 3.63) is 78.2 Å². The molecule has 0 saturated carbocycles. The van der Waals surface area contributed by atoms with Crippen LogP contribution in [-0.2, 0) is 0 Å². The van der Waals surface area contributed by atoms with Crippen molar-refractivity contribution in [3.8, 4) is 5.82 Å². The lowest BCUT2D eigenvalue weighted by atomic mass is 10.1. The second kappa shape index (κ2) is 6.36. The van der Waals surface area contributed by atoms with Crippen molar-refractivity contribution in [2.75, 3.05) is 5.32 Å². The summed E-state index contributed by atoms with van der Waals surface area (Å²) in [6, 6.07) is 18.5. The highest BCUT2D eigenvalue weighted by Gasteiger charge is 2.10. The second-order valence-corrected chi connectivity index (χ2v) is 6.12. The Hall–Kier alpha value is -3.21. The van der Waals surface area contributed by atoms with Crippen molar-refractivity contribution < 1.29 is 0 Å². The molecule has 0 radical (unpaired) electrons. The Bertz CT molecular complexity index is 1010. The Morgan fingerprint density at radius 1 is 1.00 bits per heavy atom. The summed E-state index contributed by atoms with van der Waals surface area (Å²) in [5.41, 5.74) is 4.39. The number of imidazole rings is 1. The van der Waals surface area contributed by atoms with Gasteiger partial charge in [0, 0.05) is 6.20 Å². The van der Waals surface area contributed by atoms with Gasteiger partial charge >= 0.3 is 0 Å². The minimum absolute atomic E-state index is 0.124. The molecule has 0 amide bonds. The molecule has 1 atom stereocenters. The maximum Gasteiger partial charge on any atom is 0.225 e. The van der Waals surface area contributed by atoms with E-state index in [9.17, 15) is 0 Å². The van der Waals surface area contributed by atoms with Crippen LogP contribution in [0.5, 0.6) is 0 Å². The molecule has 124 valence electrons. The third-order valence-corrected chi connectivity index (χ3v) is 4.24. The van der Waals surface area contributed by atoms with Crippen LogP contribution in [0, 0.1) is 6.92 Å². The van der Waals surface area contributed by atoms with Gasteiger partial charge in [0.15, 0.2) is 0 Å². The summed E-state index contributed by atoms with van der Waals surface area (Å²) in [6.07, 6.45) is 3.57. The van der Waals surface area contributed by atoms with E-state index < -0.39 is 0 Å². The van der Waals surface area contributed by atoms with E-state index in [0.29, 0.717) is 5.95 Å². The highest BCUT2D eigenvalue weighted by Crippen LogP contribution is 2.20. The summed E-state index contributed by atoms with van der Waals surface area (Å²) < 4.78 is 1.98. The zero-order chi connectivity index (χ0) is 17.2. The predicted molar refractivity (Wildman–Crippen MR) is 99.9 cm³/mol. The zero-order valence-electron chi connectivity index (χ0n) is 14.2. The minimum Gasteiger partial charge on any atom is -0.348 e. The molecule has 0 aliphatic rings. The standard InChI is InChI=1S/C20H19N5/c1-14-8-9-18-17(12-14)22-13-25(18)19-10-11-21-20(24-19)23-15(2)16-6-4-3-5-7-16/h3-13,15H,1-2H3,(H,21,23,24)/t15-/m0/s1. The van der Waals surface area contributed by atoms with Gasteiger partial charge in [0.25, 0.3) is 0 Å². The van der Waals surface area contributed by atoms with Gasteiger partial charge in [0.1, 0.15) is 12.1 Å². The normalized spacial score (nSPS) is 12.2. The molecule has 0 saturated heterocycles. The number of aromatic nitrogens is 4. The largest absolute Gasteiger partial charge is 0.348 e. The number of nitrogens with zero attached hydrogens (tertiary/aromatic N) is 4. The minimum atomic E-state index is 0.124. The molecule has 0 bridgehead atoms. The number of hydrogen-bond donors (Lipinski definition) is 1. The van der Waals surface area contributed by atoms with Gasteiger partial charge < -0.3 is 5.32 Å². The molecular weight excluding hydrogens is 310 g/mol. The highest BCUT2D eigenvalue weighted by molar-refractivity contribution is 5.77. The number of aryl methyl sites for hydroxylation is 1. The maximum absolute atomic E-state index is 4.65. The van der Waals surface area contributed by atoms with Gasteiger partial charge in [-0.3, -0.25) is 4.57 Å². The van der Waals surface area contributed by atoms with Gasteiger partial charge in [-0.2, -0.15) is 4.98 Å². The average molecular weight is 329 g/mol. The van der Waals surface area contributed by atoms with Gasteiger partial charge in [0.05, 0.1) is 17.1 Å². The quantitative estimate of drug-likeness (QED) is 0.606. The zero-order valence-corrected chi connectivity index (χ0v) is 14.2. The molecule has 0 spiro atoms. The van der Waals surface area contributed by atoms with E-state index in [1.807, 2.05) is 28.8 Å². The van der Waals surface area contributed by atoms with E-state index in [4.69, 9.17) is 0 Å². The average Bonchev–Trinajstić information content (AvgIpc) is 3.05. The molecule has 0 fully saturated rings. The SMILES string of the molecule is Cc1ccc2c(c1)ncn2-c1ccnc(N[C@@H](C)c2ccccc2)n1. The lowest BCUT2D eigenvalue weighted by Crippen LogP contribution is -2.10. The number of benzene rings is 2. The smallest absolute Gasteiger partial charge is 0.225 e. The van der Waals surface area contributed by atoms with Crippen LogP contribution in [0.1, 0.15) is 24.1 Å². The number of rotatable bonds is 4. The first-order chi connectivity index (χ1) is 12.2. The fraction of sp³-hybridized carbons (Fsp3) is 0.150. The number of nitrogens with one attached hydrogen (secondary N) is 1. The predicted octanol–water partition coefficient (Wildman–Crippen LogP) is 4.30. The topological polar surface area (TPSA) is 55.6 Å². The van der Waals surface area contributed by atoms with Crippen LogP contribution in [-0.4, -0.2) is 19.5 Å². The molecule has 2 heterocycles. The number of anilines is 1. The van der Waals surface area contributed by atoms with Crippen molar-refractivity contribution in [3.63, 3.8) is 0 Å². The summed E-state index contributed by atoms with van der Waals surface area (Å²) in [7, 11) is 0. The van der Waals surface area contributed by atoms with Crippen LogP contribution in [0.15, 0.2) is 67.1 Å². The van der Waals surface area contributed by atoms with E-state index in [0.717, 1.165) is 16.9 Å². The van der Waals surface area contributed by atoms with Crippen LogP contribution in [0.4, 0.5) is 5.95 Å². The Morgan fingerprint density at radius 2 is 1.84 bits per heavy atom. The van der Waals surface area contributed by atoms with Gasteiger partial charge in [-0.25, -0.2) is 9.97 Å². The first-order valence-corrected chi connectivity index (χ1v) is 8.29. The first kappa shape index (κ1) is 15.3. The summed E-state index contributed by atoms with van der Waals surface area (Å²) >= 11 is 0. The lowest BCUT2D eigenvalue weighted by molar-refractivity contribution is 0.854. The molecule has 4 rings (SSSR count). The molecule has 4 aromatic rings. The van der Waals surface area contributed by atoms with Crippen molar-refractivity contribution in [1.29, 1.82) is 0 Å². The van der Waals surface area contributed by atoms with Gasteiger partial charge in [-0.15, -0.1) is 0 Å². The Balaban J connectivity index is 1.65. The Kier molecular flexibility index (Phi) is 3.90. The third-order valence-electron chi connectivity index (χ3n) is 4.24. The Labute approximate surface area is 146 Å². The van der Waals surface area contributed by atoms with Gasteiger partial charge in [-0.1, -0.05) is 36.4 Å². The highest BCUT2D eigenvalue weighted by atomic mass is 15.2. The van der Waals surface area contributed by atoms with E-state index >= 15 is 0 Å². The molecule has 5 heteroatoms. The first-order valence-electron chi connectivity index (χ1n) is 8.29. The number of hydrogen-bond acceptors (Lipinski definition) is 4. The second-order valence-electron chi connectivity index (χ2n) is 6.12. The molecule has 0 unspecified atom stereocenters. The van der Waals surface area contributed by atoms with Crippen molar-refractivity contribution in [1.82, 2.24) is 19.5 Å². The molecule has 2 aromatic heterocycles. The van der Waals surface area contributed by atoms with Crippen LogP contribution in [0.3, 0.4) is 0 Å². The third kappa shape index (κ3) is 3.08. The fourth-order valence-electron chi connectivity index (χ4n) is 2.88. The van der Waals surface area contributed by atoms with Crippen molar-refractivity contribution in [2.24, 2.45) is 0 Å². The van der Waals surface area contributed by atoms with Gasteiger partial charge in [-0.05, 0) is 43.2 Å². The van der Waals surface area contributed by atoms with Crippen molar-refractivity contribution in [2.45, 2.75) is 19.9 Å². The van der Waals surface area contributed by atoms with Gasteiger partial charge in [0.2, 0.25) is 5.95 Å². The fourth-order valence-corrected chi connectivity index (χ4v) is 2.88. The van der Waals surface area contributed by atoms with E-state index in [-0.39, 0.29) is 6.04 Å². The van der Waals surface area contributed by atoms with Crippen LogP contribution in [0.2, 0.25) is 0 Å². The Morgan fingerprint density at radius 3 is 2.68 bits per heavy atom. The summed E-state index contributed by atoms with van der Waals surface area (Å²) in [5.74, 6) is 1.40. The molecule has 1 N–H and O–H groups in total. The summed E-state index contributed by atoms with van der Waals surface area (Å²) in [4.78, 5) is 13.5. The molecular formula is C20H19N5. The number of fused-ring (bicyclic) bond motifs is 1. The van der Waals surface area contributed by atoms with E-state index in [1.54, 1.807) is 12.5 Å². The van der Waals surface area contributed by atoms with Crippen LogP contribution >= 0.6 is 0 Å².